The van der Waals surface area contributed by atoms with Crippen LogP contribution in [0, 0.1) is 0 Å². The number of aromatic nitrogens is 2. The van der Waals surface area contributed by atoms with Gasteiger partial charge in [0.15, 0.2) is 0 Å². The molecule has 1 fully saturated rings. The second-order valence-electron chi connectivity index (χ2n) is 4.05. The highest BCUT2D eigenvalue weighted by atomic mass is 16.6. The summed E-state index contributed by atoms with van der Waals surface area (Å²) in [5.74, 6) is 0. The van der Waals surface area contributed by atoms with Gasteiger partial charge >= 0.3 is 0 Å². The smallest absolute Gasteiger partial charge is 0.100 e. The first-order valence-electron chi connectivity index (χ1n) is 5.78. The van der Waals surface area contributed by atoms with E-state index in [0.29, 0.717) is 19.8 Å². The summed E-state index contributed by atoms with van der Waals surface area (Å²) in [5, 5.41) is 4.26. The van der Waals surface area contributed by atoms with Gasteiger partial charge in [-0.15, -0.1) is 0 Å². The highest BCUT2D eigenvalue weighted by Gasteiger charge is 2.24. The lowest BCUT2D eigenvalue weighted by Gasteiger charge is -2.27. The molecule has 1 aromatic rings. The molecule has 1 aromatic heterocycles. The predicted octanol–water partition coefficient (Wildman–Crippen LogP) is 0.708. The van der Waals surface area contributed by atoms with Crippen LogP contribution in [0.1, 0.15) is 24.9 Å². The Labute approximate surface area is 95.5 Å². The molecule has 0 bridgehead atoms. The molecule has 0 aromatic carbocycles. The maximum Gasteiger partial charge on any atom is 0.100 e. The van der Waals surface area contributed by atoms with E-state index in [-0.39, 0.29) is 12.1 Å². The van der Waals surface area contributed by atoms with Crippen molar-refractivity contribution in [3.05, 3.63) is 18.0 Å². The zero-order valence-corrected chi connectivity index (χ0v) is 9.63. The van der Waals surface area contributed by atoms with Crippen LogP contribution in [-0.4, -0.2) is 35.7 Å². The lowest BCUT2D eigenvalue weighted by Crippen LogP contribution is -2.37. The zero-order valence-electron chi connectivity index (χ0n) is 9.63. The van der Waals surface area contributed by atoms with Gasteiger partial charge in [0.2, 0.25) is 0 Å². The molecule has 2 N–H and O–H groups in total. The van der Waals surface area contributed by atoms with Crippen molar-refractivity contribution < 1.29 is 9.47 Å². The summed E-state index contributed by atoms with van der Waals surface area (Å²) in [5.41, 5.74) is 7.14. The van der Waals surface area contributed by atoms with Gasteiger partial charge in [0.25, 0.3) is 0 Å². The molecule has 1 aliphatic rings. The highest BCUT2D eigenvalue weighted by Crippen LogP contribution is 2.18. The van der Waals surface area contributed by atoms with Crippen molar-refractivity contribution in [2.24, 2.45) is 5.73 Å². The number of hydrogen-bond donors (Lipinski definition) is 1. The number of hydrogen-bond acceptors (Lipinski definition) is 4. The topological polar surface area (TPSA) is 62.3 Å². The monoisotopic (exact) mass is 225 g/mol. The molecule has 5 nitrogen and oxygen atoms in total. The summed E-state index contributed by atoms with van der Waals surface area (Å²) in [6.45, 7) is 4.91. The molecule has 0 amide bonds. The predicted molar refractivity (Wildman–Crippen MR) is 60.0 cm³/mol. The van der Waals surface area contributed by atoms with Crippen molar-refractivity contribution in [3.8, 4) is 0 Å². The summed E-state index contributed by atoms with van der Waals surface area (Å²) in [6, 6.07) is -0.147. The first kappa shape index (κ1) is 11.6. The summed E-state index contributed by atoms with van der Waals surface area (Å²) in [7, 11) is 0. The molecular formula is C11H19N3O2. The Morgan fingerprint density at radius 1 is 1.62 bits per heavy atom. The van der Waals surface area contributed by atoms with E-state index >= 15 is 0 Å². The quantitative estimate of drug-likeness (QED) is 0.819. The number of nitrogens with two attached hydrogens (primary N) is 1. The normalized spacial score (nSPS) is 23.2. The molecule has 0 saturated carbocycles. The molecule has 0 spiro atoms. The second kappa shape index (κ2) is 5.43. The minimum Gasteiger partial charge on any atom is -0.376 e. The number of aryl methyl sites for hydroxylation is 1. The second-order valence-corrected chi connectivity index (χ2v) is 4.05. The summed E-state index contributed by atoms with van der Waals surface area (Å²) in [4.78, 5) is 0. The fourth-order valence-corrected chi connectivity index (χ4v) is 1.83. The first-order valence-corrected chi connectivity index (χ1v) is 5.78. The van der Waals surface area contributed by atoms with Crippen LogP contribution in [0.2, 0.25) is 0 Å². The third-order valence-electron chi connectivity index (χ3n) is 2.73. The minimum atomic E-state index is -0.147. The van der Waals surface area contributed by atoms with Gasteiger partial charge in [-0.25, -0.2) is 0 Å². The molecule has 2 heterocycles. The van der Waals surface area contributed by atoms with E-state index in [4.69, 9.17) is 15.2 Å². The number of rotatable bonds is 4. The molecule has 90 valence electrons. The van der Waals surface area contributed by atoms with Crippen molar-refractivity contribution in [1.29, 1.82) is 0 Å². The van der Waals surface area contributed by atoms with Crippen molar-refractivity contribution in [2.75, 3.05) is 19.8 Å². The van der Waals surface area contributed by atoms with Crippen LogP contribution in [0.3, 0.4) is 0 Å². The van der Waals surface area contributed by atoms with Crippen molar-refractivity contribution >= 4 is 0 Å². The lowest BCUT2D eigenvalue weighted by atomic mass is 10.1. The van der Waals surface area contributed by atoms with E-state index in [0.717, 1.165) is 18.5 Å². The SMILES string of the molecule is CCCn1cc(C(N)C2COCCO2)cn1. The van der Waals surface area contributed by atoms with Gasteiger partial charge in [-0.1, -0.05) is 6.92 Å². The molecular weight excluding hydrogens is 206 g/mol. The Kier molecular flexibility index (Phi) is 3.93. The van der Waals surface area contributed by atoms with E-state index in [2.05, 4.69) is 12.0 Å². The summed E-state index contributed by atoms with van der Waals surface area (Å²) < 4.78 is 12.8. The molecule has 2 unspecified atom stereocenters. The van der Waals surface area contributed by atoms with Crippen LogP contribution < -0.4 is 5.73 Å². The average Bonchev–Trinajstić information content (AvgIpc) is 2.78. The molecule has 5 heteroatoms. The van der Waals surface area contributed by atoms with Gasteiger partial charge in [-0.2, -0.15) is 5.10 Å². The summed E-state index contributed by atoms with van der Waals surface area (Å²) >= 11 is 0. The van der Waals surface area contributed by atoms with E-state index in [1.54, 1.807) is 0 Å². The maximum absolute atomic E-state index is 6.12. The first-order chi connectivity index (χ1) is 7.81. The fourth-order valence-electron chi connectivity index (χ4n) is 1.83. The van der Waals surface area contributed by atoms with Gasteiger partial charge in [0, 0.05) is 18.3 Å². The molecule has 0 aliphatic carbocycles. The van der Waals surface area contributed by atoms with Crippen molar-refractivity contribution in [2.45, 2.75) is 32.0 Å². The maximum atomic E-state index is 6.12. The number of nitrogens with zero attached hydrogens (tertiary/aromatic N) is 2. The largest absolute Gasteiger partial charge is 0.376 e. The van der Waals surface area contributed by atoms with Gasteiger partial charge in [-0.3, -0.25) is 4.68 Å². The van der Waals surface area contributed by atoms with Crippen LogP contribution >= 0.6 is 0 Å². The average molecular weight is 225 g/mol. The standard InChI is InChI=1S/C11H19N3O2/c1-2-3-14-7-9(6-13-14)11(12)10-8-15-4-5-16-10/h6-7,10-11H,2-5,8,12H2,1H3. The van der Waals surface area contributed by atoms with Crippen LogP contribution in [0.4, 0.5) is 0 Å². The highest BCUT2D eigenvalue weighted by molar-refractivity contribution is 5.11. The van der Waals surface area contributed by atoms with Crippen LogP contribution in [0.15, 0.2) is 12.4 Å². The molecule has 0 radical (unpaired) electrons. The van der Waals surface area contributed by atoms with Gasteiger partial charge < -0.3 is 15.2 Å². The van der Waals surface area contributed by atoms with Crippen molar-refractivity contribution in [1.82, 2.24) is 9.78 Å². The van der Waals surface area contributed by atoms with Gasteiger partial charge in [0.1, 0.15) is 6.10 Å². The Morgan fingerprint density at radius 2 is 2.50 bits per heavy atom. The fraction of sp³-hybridized carbons (Fsp3) is 0.727. The minimum absolute atomic E-state index is 0.0481. The van der Waals surface area contributed by atoms with Crippen molar-refractivity contribution in [3.63, 3.8) is 0 Å². The molecule has 2 atom stereocenters. The van der Waals surface area contributed by atoms with E-state index in [1.807, 2.05) is 17.1 Å². The summed E-state index contributed by atoms with van der Waals surface area (Å²) in [6.07, 6.45) is 4.83. The third kappa shape index (κ3) is 2.61. The Bertz CT molecular complexity index is 321. The van der Waals surface area contributed by atoms with Gasteiger partial charge in [0.05, 0.1) is 32.1 Å². The van der Waals surface area contributed by atoms with Crippen LogP contribution in [-0.2, 0) is 16.0 Å². The Hall–Kier alpha value is -0.910. The number of ether oxygens (including phenoxy) is 2. The molecule has 1 aliphatic heterocycles. The molecule has 16 heavy (non-hydrogen) atoms. The van der Waals surface area contributed by atoms with Crippen LogP contribution in [0.5, 0.6) is 0 Å². The van der Waals surface area contributed by atoms with E-state index < -0.39 is 0 Å². The van der Waals surface area contributed by atoms with E-state index in [1.165, 1.54) is 0 Å². The molecule has 2 rings (SSSR count). The zero-order chi connectivity index (χ0) is 11.4. The Balaban J connectivity index is 1.98. The third-order valence-corrected chi connectivity index (χ3v) is 2.73. The van der Waals surface area contributed by atoms with E-state index in [9.17, 15) is 0 Å². The van der Waals surface area contributed by atoms with Gasteiger partial charge in [-0.05, 0) is 6.42 Å². The molecule has 1 saturated heterocycles. The van der Waals surface area contributed by atoms with Crippen LogP contribution in [0.25, 0.3) is 0 Å². The lowest BCUT2D eigenvalue weighted by molar-refractivity contribution is -0.0975. The Morgan fingerprint density at radius 3 is 3.19 bits per heavy atom.